The first-order valence-electron chi connectivity index (χ1n) is 6.74. The van der Waals surface area contributed by atoms with E-state index in [-0.39, 0.29) is 10.6 Å². The van der Waals surface area contributed by atoms with Crippen LogP contribution in [0.25, 0.3) is 0 Å². The number of terminal acetylenes is 1. The Morgan fingerprint density at radius 1 is 1.28 bits per heavy atom. The predicted molar refractivity (Wildman–Crippen MR) is 88.9 cm³/mol. The molecule has 128 valence electrons. The summed E-state index contributed by atoms with van der Waals surface area (Å²) < 4.78 is 36.2. The van der Waals surface area contributed by atoms with Gasteiger partial charge in [0.1, 0.15) is 6.11 Å². The van der Waals surface area contributed by atoms with E-state index in [9.17, 15) is 13.6 Å². The van der Waals surface area contributed by atoms with Crippen molar-refractivity contribution in [1.82, 2.24) is 5.43 Å². The average molecular weight is 365 g/mol. The second-order valence-electron chi connectivity index (χ2n) is 4.58. The van der Waals surface area contributed by atoms with Crippen LogP contribution in [0.2, 0.25) is 5.02 Å². The number of rotatable bonds is 5. The third-order valence-electron chi connectivity index (χ3n) is 2.99. The molecule has 0 atom stereocenters. The standard InChI is InChI=1S/C17H11ClF2N2O3/c1-3-25-15-5-4-10(6-16(15)24-2)9-21-22-17(23)11-7-13(19)14(20)8-12(11)18/h1,4-9H,2H3,(H,22,23)/b21-9-. The highest BCUT2D eigenvalue weighted by atomic mass is 35.5. The van der Waals surface area contributed by atoms with E-state index in [2.05, 4.69) is 10.5 Å². The fraction of sp³-hybridized carbons (Fsp3) is 0.0588. The van der Waals surface area contributed by atoms with Gasteiger partial charge in [0.2, 0.25) is 0 Å². The van der Waals surface area contributed by atoms with Crippen LogP contribution in [0.1, 0.15) is 15.9 Å². The Morgan fingerprint density at radius 3 is 2.68 bits per heavy atom. The van der Waals surface area contributed by atoms with Crippen molar-refractivity contribution in [3.8, 4) is 24.0 Å². The molecule has 8 heteroatoms. The molecule has 0 unspecified atom stereocenters. The number of carbonyl (C=O) groups is 1. The van der Waals surface area contributed by atoms with Crippen LogP contribution in [0.5, 0.6) is 11.5 Å². The number of hydrogen-bond donors (Lipinski definition) is 1. The van der Waals surface area contributed by atoms with Gasteiger partial charge in [-0.05, 0) is 35.9 Å². The van der Waals surface area contributed by atoms with Gasteiger partial charge in [-0.15, -0.1) is 0 Å². The molecule has 1 amide bonds. The zero-order chi connectivity index (χ0) is 18.4. The first-order valence-corrected chi connectivity index (χ1v) is 7.12. The second kappa shape index (κ2) is 8.13. The van der Waals surface area contributed by atoms with Gasteiger partial charge in [-0.25, -0.2) is 14.2 Å². The van der Waals surface area contributed by atoms with Crippen molar-refractivity contribution in [3.05, 3.63) is 58.1 Å². The molecule has 0 spiro atoms. The van der Waals surface area contributed by atoms with Gasteiger partial charge in [-0.2, -0.15) is 5.10 Å². The summed E-state index contributed by atoms with van der Waals surface area (Å²) in [4.78, 5) is 11.9. The van der Waals surface area contributed by atoms with Gasteiger partial charge < -0.3 is 9.47 Å². The molecule has 0 radical (unpaired) electrons. The van der Waals surface area contributed by atoms with Crippen LogP contribution in [0.4, 0.5) is 8.78 Å². The lowest BCUT2D eigenvalue weighted by Gasteiger charge is -2.06. The summed E-state index contributed by atoms with van der Waals surface area (Å²) in [6.07, 6.45) is 8.40. The minimum atomic E-state index is -1.19. The number of carbonyl (C=O) groups excluding carboxylic acids is 1. The predicted octanol–water partition coefficient (Wildman–Crippen LogP) is 3.36. The van der Waals surface area contributed by atoms with Crippen LogP contribution in [0, 0.1) is 24.2 Å². The highest BCUT2D eigenvalue weighted by molar-refractivity contribution is 6.33. The van der Waals surface area contributed by atoms with Crippen LogP contribution < -0.4 is 14.9 Å². The van der Waals surface area contributed by atoms with Crippen molar-refractivity contribution >= 4 is 23.7 Å². The van der Waals surface area contributed by atoms with E-state index in [1.165, 1.54) is 13.3 Å². The van der Waals surface area contributed by atoms with Crippen molar-refractivity contribution in [2.75, 3.05) is 7.11 Å². The number of methoxy groups -OCH3 is 1. The summed E-state index contributed by atoms with van der Waals surface area (Å²) in [5, 5.41) is 3.49. The number of amides is 1. The minimum absolute atomic E-state index is 0.232. The smallest absolute Gasteiger partial charge is 0.272 e. The Labute approximate surface area is 147 Å². The quantitative estimate of drug-likeness (QED) is 0.383. The molecule has 0 aromatic heterocycles. The van der Waals surface area contributed by atoms with Crippen molar-refractivity contribution in [3.63, 3.8) is 0 Å². The SMILES string of the molecule is C#COc1ccc(/C=N\NC(=O)c2cc(F)c(F)cc2Cl)cc1OC. The van der Waals surface area contributed by atoms with Gasteiger partial charge in [0.05, 0.1) is 23.9 Å². The van der Waals surface area contributed by atoms with E-state index in [0.29, 0.717) is 29.2 Å². The zero-order valence-corrected chi connectivity index (χ0v) is 13.6. The van der Waals surface area contributed by atoms with Crippen LogP contribution in [0.15, 0.2) is 35.4 Å². The number of benzene rings is 2. The Hall–Kier alpha value is -3.11. The number of ether oxygens (including phenoxy) is 2. The maximum atomic E-state index is 13.2. The van der Waals surface area contributed by atoms with E-state index in [0.717, 1.165) is 0 Å². The van der Waals surface area contributed by atoms with Gasteiger partial charge >= 0.3 is 0 Å². The van der Waals surface area contributed by atoms with Gasteiger partial charge in [0.15, 0.2) is 23.1 Å². The fourth-order valence-corrected chi connectivity index (χ4v) is 2.07. The average Bonchev–Trinajstić information content (AvgIpc) is 2.59. The molecule has 2 aromatic rings. The Kier molecular flexibility index (Phi) is 5.93. The highest BCUT2D eigenvalue weighted by Crippen LogP contribution is 2.27. The maximum absolute atomic E-state index is 13.2. The molecule has 25 heavy (non-hydrogen) atoms. The molecular formula is C17H11ClF2N2O3. The van der Waals surface area contributed by atoms with E-state index >= 15 is 0 Å². The molecule has 0 aliphatic rings. The number of nitrogens with zero attached hydrogens (tertiary/aromatic N) is 1. The van der Waals surface area contributed by atoms with Gasteiger partial charge in [-0.3, -0.25) is 4.79 Å². The van der Waals surface area contributed by atoms with Crippen molar-refractivity contribution in [2.45, 2.75) is 0 Å². The van der Waals surface area contributed by atoms with E-state index < -0.39 is 17.5 Å². The lowest BCUT2D eigenvalue weighted by molar-refractivity contribution is 0.0954. The van der Waals surface area contributed by atoms with Crippen molar-refractivity contribution < 1.29 is 23.0 Å². The number of hydrazone groups is 1. The van der Waals surface area contributed by atoms with Crippen LogP contribution in [0.3, 0.4) is 0 Å². The molecule has 0 saturated carbocycles. The Morgan fingerprint density at radius 2 is 2.00 bits per heavy atom. The summed E-state index contributed by atoms with van der Waals surface area (Å²) in [5.41, 5.74) is 2.49. The molecule has 0 aliphatic carbocycles. The van der Waals surface area contributed by atoms with E-state index in [4.69, 9.17) is 27.5 Å². The van der Waals surface area contributed by atoms with Crippen molar-refractivity contribution in [2.24, 2.45) is 5.10 Å². The number of nitrogens with one attached hydrogen (secondary N) is 1. The lowest BCUT2D eigenvalue weighted by atomic mass is 10.2. The molecule has 0 bridgehead atoms. The first-order chi connectivity index (χ1) is 12.0. The summed E-state index contributed by atoms with van der Waals surface area (Å²) in [5.74, 6) is -2.41. The zero-order valence-electron chi connectivity index (χ0n) is 12.8. The van der Waals surface area contributed by atoms with Crippen LogP contribution in [-0.4, -0.2) is 19.2 Å². The molecule has 2 rings (SSSR count). The van der Waals surface area contributed by atoms with E-state index in [1.54, 1.807) is 18.2 Å². The van der Waals surface area contributed by atoms with Gasteiger partial charge in [-0.1, -0.05) is 18.0 Å². The molecule has 0 aliphatic heterocycles. The summed E-state index contributed by atoms with van der Waals surface area (Å²) in [6.45, 7) is 0. The van der Waals surface area contributed by atoms with Crippen LogP contribution >= 0.6 is 11.6 Å². The first kappa shape index (κ1) is 18.2. The Balaban J connectivity index is 2.12. The monoisotopic (exact) mass is 364 g/mol. The van der Waals surface area contributed by atoms with E-state index in [1.807, 2.05) is 6.11 Å². The topological polar surface area (TPSA) is 59.9 Å². The molecule has 5 nitrogen and oxygen atoms in total. The van der Waals surface area contributed by atoms with Gasteiger partial charge in [0.25, 0.3) is 5.91 Å². The Bertz CT molecular complexity index is 879. The third kappa shape index (κ3) is 4.46. The molecular weight excluding hydrogens is 354 g/mol. The minimum Gasteiger partial charge on any atom is -0.493 e. The largest absolute Gasteiger partial charge is 0.493 e. The normalized spacial score (nSPS) is 10.4. The summed E-state index contributed by atoms with van der Waals surface area (Å²) in [6, 6.07) is 6.17. The second-order valence-corrected chi connectivity index (χ2v) is 4.98. The molecule has 0 fully saturated rings. The maximum Gasteiger partial charge on any atom is 0.272 e. The van der Waals surface area contributed by atoms with Gasteiger partial charge in [0, 0.05) is 0 Å². The molecule has 0 saturated heterocycles. The number of halogens is 3. The lowest BCUT2D eigenvalue weighted by Crippen LogP contribution is -2.18. The number of hydrogen-bond acceptors (Lipinski definition) is 4. The fourth-order valence-electron chi connectivity index (χ4n) is 1.83. The summed E-state index contributed by atoms with van der Waals surface area (Å²) in [7, 11) is 1.44. The molecule has 2 aromatic carbocycles. The molecule has 1 N–H and O–H groups in total. The molecule has 0 heterocycles. The van der Waals surface area contributed by atoms with Crippen LogP contribution in [-0.2, 0) is 0 Å². The van der Waals surface area contributed by atoms with Crippen molar-refractivity contribution in [1.29, 1.82) is 0 Å². The summed E-state index contributed by atoms with van der Waals surface area (Å²) >= 11 is 5.71. The third-order valence-corrected chi connectivity index (χ3v) is 3.30. The highest BCUT2D eigenvalue weighted by Gasteiger charge is 2.14.